The van der Waals surface area contributed by atoms with E-state index < -0.39 is 5.97 Å². The minimum atomic E-state index is -1.11. The third-order valence-electron chi connectivity index (χ3n) is 2.73. The van der Waals surface area contributed by atoms with E-state index in [2.05, 4.69) is 5.32 Å². The molecular formula is C15H15NO5. The molecule has 0 spiro atoms. The summed E-state index contributed by atoms with van der Waals surface area (Å²) in [7, 11) is 0. The van der Waals surface area contributed by atoms with Gasteiger partial charge in [-0.25, -0.2) is 4.79 Å². The Bertz CT molecular complexity index is 674. The Kier molecular flexibility index (Phi) is 4.27. The number of amides is 1. The molecule has 21 heavy (non-hydrogen) atoms. The van der Waals surface area contributed by atoms with Crippen molar-refractivity contribution in [2.24, 2.45) is 0 Å². The van der Waals surface area contributed by atoms with Crippen molar-refractivity contribution in [1.82, 2.24) is 0 Å². The summed E-state index contributed by atoms with van der Waals surface area (Å²) in [6.45, 7) is 3.14. The quantitative estimate of drug-likeness (QED) is 0.883. The Morgan fingerprint density at radius 3 is 2.67 bits per heavy atom. The molecule has 0 aliphatic heterocycles. The topological polar surface area (TPSA) is 88.8 Å². The molecule has 2 rings (SSSR count). The molecule has 110 valence electrons. The van der Waals surface area contributed by atoms with E-state index in [1.807, 2.05) is 0 Å². The third-order valence-corrected chi connectivity index (χ3v) is 2.73. The number of hydrogen-bond donors (Lipinski definition) is 2. The van der Waals surface area contributed by atoms with Crippen molar-refractivity contribution in [3.8, 4) is 5.75 Å². The van der Waals surface area contributed by atoms with Crippen LogP contribution in [-0.4, -0.2) is 17.0 Å². The van der Waals surface area contributed by atoms with E-state index >= 15 is 0 Å². The van der Waals surface area contributed by atoms with Crippen LogP contribution in [0.3, 0.4) is 0 Å². The summed E-state index contributed by atoms with van der Waals surface area (Å²) in [6, 6.07) is 8.59. The molecule has 0 bridgehead atoms. The highest BCUT2D eigenvalue weighted by Gasteiger charge is 2.15. The van der Waals surface area contributed by atoms with Crippen LogP contribution in [0.2, 0.25) is 0 Å². The fraction of sp³-hybridized carbons (Fsp3) is 0.200. The number of furan rings is 1. The molecule has 0 fully saturated rings. The molecule has 0 saturated carbocycles. The monoisotopic (exact) mass is 289 g/mol. The predicted molar refractivity (Wildman–Crippen MR) is 75.5 cm³/mol. The Labute approximate surface area is 121 Å². The number of rotatable bonds is 5. The lowest BCUT2D eigenvalue weighted by molar-refractivity contribution is -0.114. The van der Waals surface area contributed by atoms with E-state index in [1.165, 1.54) is 6.92 Å². The van der Waals surface area contributed by atoms with Gasteiger partial charge in [0.2, 0.25) is 11.7 Å². The first kappa shape index (κ1) is 14.6. The predicted octanol–water partition coefficient (Wildman–Crippen LogP) is 2.82. The molecule has 1 aromatic carbocycles. The Hall–Kier alpha value is -2.76. The minimum Gasteiger partial charge on any atom is -0.483 e. The van der Waals surface area contributed by atoms with Gasteiger partial charge in [-0.2, -0.15) is 0 Å². The molecule has 0 aliphatic carbocycles. The molecule has 0 atom stereocenters. The van der Waals surface area contributed by atoms with Crippen LogP contribution in [0.4, 0.5) is 5.69 Å². The molecule has 1 heterocycles. The maximum atomic E-state index is 11.1. The van der Waals surface area contributed by atoms with Crippen molar-refractivity contribution in [3.05, 3.63) is 47.4 Å². The zero-order valence-corrected chi connectivity index (χ0v) is 11.7. The highest BCUT2D eigenvalue weighted by atomic mass is 16.5. The summed E-state index contributed by atoms with van der Waals surface area (Å²) < 4.78 is 10.8. The summed E-state index contributed by atoms with van der Waals surface area (Å²) >= 11 is 0. The Morgan fingerprint density at radius 2 is 2.05 bits per heavy atom. The Morgan fingerprint density at radius 1 is 1.33 bits per heavy atom. The van der Waals surface area contributed by atoms with E-state index in [4.69, 9.17) is 14.3 Å². The number of hydrogen-bond acceptors (Lipinski definition) is 4. The molecule has 2 aromatic rings. The molecule has 2 N–H and O–H groups in total. The second kappa shape index (κ2) is 6.13. The van der Waals surface area contributed by atoms with Crippen molar-refractivity contribution in [1.29, 1.82) is 0 Å². The van der Waals surface area contributed by atoms with Crippen LogP contribution in [0.15, 0.2) is 34.7 Å². The lowest BCUT2D eigenvalue weighted by atomic mass is 10.2. The van der Waals surface area contributed by atoms with Gasteiger partial charge in [-0.05, 0) is 25.1 Å². The number of nitrogens with one attached hydrogen (secondary N) is 1. The van der Waals surface area contributed by atoms with Crippen LogP contribution >= 0.6 is 0 Å². The molecule has 1 amide bonds. The number of aryl methyl sites for hydroxylation is 1. The van der Waals surface area contributed by atoms with E-state index in [0.717, 1.165) is 0 Å². The SMILES string of the molecule is CC(=O)Nc1ccccc1OCc1cc(C)c(C(=O)O)o1. The fourth-order valence-corrected chi connectivity index (χ4v) is 1.87. The van der Waals surface area contributed by atoms with Crippen LogP contribution in [-0.2, 0) is 11.4 Å². The lowest BCUT2D eigenvalue weighted by Crippen LogP contribution is -2.07. The third kappa shape index (κ3) is 3.62. The molecule has 0 aliphatic rings. The van der Waals surface area contributed by atoms with Crippen LogP contribution < -0.4 is 10.1 Å². The van der Waals surface area contributed by atoms with Gasteiger partial charge in [-0.3, -0.25) is 4.79 Å². The molecule has 0 radical (unpaired) electrons. The normalized spacial score (nSPS) is 10.2. The second-order valence-electron chi connectivity index (χ2n) is 4.50. The van der Waals surface area contributed by atoms with Crippen LogP contribution in [0.5, 0.6) is 5.75 Å². The summed E-state index contributed by atoms with van der Waals surface area (Å²) in [6.07, 6.45) is 0. The maximum absolute atomic E-state index is 11.1. The van der Waals surface area contributed by atoms with E-state index in [-0.39, 0.29) is 18.3 Å². The largest absolute Gasteiger partial charge is 0.483 e. The van der Waals surface area contributed by atoms with Crippen molar-refractivity contribution in [3.63, 3.8) is 0 Å². The van der Waals surface area contributed by atoms with E-state index in [1.54, 1.807) is 37.3 Å². The van der Waals surface area contributed by atoms with Gasteiger partial charge < -0.3 is 19.6 Å². The van der Waals surface area contributed by atoms with Gasteiger partial charge in [0, 0.05) is 12.5 Å². The minimum absolute atomic E-state index is 0.0741. The van der Waals surface area contributed by atoms with Gasteiger partial charge in [-0.15, -0.1) is 0 Å². The number of carbonyl (C=O) groups is 2. The number of ether oxygens (including phenoxy) is 1. The molecule has 6 nitrogen and oxygen atoms in total. The summed E-state index contributed by atoms with van der Waals surface area (Å²) in [5.74, 6) is -0.518. The number of anilines is 1. The zero-order chi connectivity index (χ0) is 15.4. The Balaban J connectivity index is 2.11. The van der Waals surface area contributed by atoms with Crippen LogP contribution in [0.25, 0.3) is 0 Å². The van der Waals surface area contributed by atoms with Crippen molar-refractivity contribution in [2.45, 2.75) is 20.5 Å². The second-order valence-corrected chi connectivity index (χ2v) is 4.50. The summed E-state index contributed by atoms with van der Waals surface area (Å²) in [5.41, 5.74) is 1.09. The first-order valence-corrected chi connectivity index (χ1v) is 6.29. The maximum Gasteiger partial charge on any atom is 0.372 e. The first-order valence-electron chi connectivity index (χ1n) is 6.29. The number of carboxylic acid groups (broad SMARTS) is 1. The highest BCUT2D eigenvalue weighted by molar-refractivity contribution is 5.90. The van der Waals surface area contributed by atoms with Crippen LogP contribution in [0.1, 0.15) is 28.8 Å². The van der Waals surface area contributed by atoms with Gasteiger partial charge in [-0.1, -0.05) is 12.1 Å². The average Bonchev–Trinajstić information content (AvgIpc) is 2.78. The lowest BCUT2D eigenvalue weighted by Gasteiger charge is -2.10. The first-order chi connectivity index (χ1) is 9.97. The highest BCUT2D eigenvalue weighted by Crippen LogP contribution is 2.25. The zero-order valence-electron chi connectivity index (χ0n) is 11.7. The number of benzene rings is 1. The van der Waals surface area contributed by atoms with Gasteiger partial charge in [0.15, 0.2) is 0 Å². The molecule has 6 heteroatoms. The van der Waals surface area contributed by atoms with Gasteiger partial charge in [0.05, 0.1) is 5.69 Å². The van der Waals surface area contributed by atoms with Gasteiger partial charge in [0.1, 0.15) is 18.1 Å². The summed E-state index contributed by atoms with van der Waals surface area (Å²) in [4.78, 5) is 22.0. The molecular weight excluding hydrogens is 274 g/mol. The van der Waals surface area contributed by atoms with E-state index in [0.29, 0.717) is 22.8 Å². The average molecular weight is 289 g/mol. The number of para-hydroxylation sites is 2. The van der Waals surface area contributed by atoms with Crippen molar-refractivity contribution < 1.29 is 23.8 Å². The van der Waals surface area contributed by atoms with Crippen molar-refractivity contribution in [2.75, 3.05) is 5.32 Å². The smallest absolute Gasteiger partial charge is 0.372 e. The summed E-state index contributed by atoms with van der Waals surface area (Å²) in [5, 5.41) is 11.6. The molecule has 1 aromatic heterocycles. The van der Waals surface area contributed by atoms with Crippen molar-refractivity contribution >= 4 is 17.6 Å². The van der Waals surface area contributed by atoms with Gasteiger partial charge in [0.25, 0.3) is 0 Å². The number of carbonyl (C=O) groups excluding carboxylic acids is 1. The van der Waals surface area contributed by atoms with Gasteiger partial charge >= 0.3 is 5.97 Å². The van der Waals surface area contributed by atoms with E-state index in [9.17, 15) is 9.59 Å². The molecule has 0 unspecified atom stereocenters. The molecule has 0 saturated heterocycles. The standard InChI is InChI=1S/C15H15NO5/c1-9-7-11(21-14(9)15(18)19)8-20-13-6-4-3-5-12(13)16-10(2)17/h3-7H,8H2,1-2H3,(H,16,17)(H,18,19). The number of carboxylic acids is 1. The fourth-order valence-electron chi connectivity index (χ4n) is 1.87. The van der Waals surface area contributed by atoms with Crippen LogP contribution in [0, 0.1) is 6.92 Å². The number of aromatic carboxylic acids is 1.